The fraction of sp³-hybridized carbons (Fsp3) is 0.208. The van der Waals surface area contributed by atoms with Gasteiger partial charge in [-0.1, -0.05) is 18.2 Å². The van der Waals surface area contributed by atoms with Gasteiger partial charge in [0.2, 0.25) is 0 Å². The second-order valence-corrected chi connectivity index (χ2v) is 9.39. The molecule has 0 unspecified atom stereocenters. The van der Waals surface area contributed by atoms with Crippen molar-refractivity contribution in [2.75, 3.05) is 35.8 Å². The van der Waals surface area contributed by atoms with Crippen molar-refractivity contribution < 1.29 is 13.2 Å². The van der Waals surface area contributed by atoms with Crippen molar-refractivity contribution in [1.82, 2.24) is 9.88 Å². The van der Waals surface area contributed by atoms with Crippen molar-refractivity contribution in [1.29, 1.82) is 5.26 Å². The van der Waals surface area contributed by atoms with Gasteiger partial charge in [-0.05, 0) is 55.0 Å². The van der Waals surface area contributed by atoms with Crippen LogP contribution in [0.3, 0.4) is 0 Å². The Balaban J connectivity index is 1.42. The molecule has 9 heteroatoms. The lowest BCUT2D eigenvalue weighted by Crippen LogP contribution is -2.49. The van der Waals surface area contributed by atoms with E-state index in [2.05, 4.69) is 15.8 Å². The van der Waals surface area contributed by atoms with Crippen molar-refractivity contribution in [3.63, 3.8) is 0 Å². The number of hydrogen-bond acceptors (Lipinski definition) is 6. The molecule has 33 heavy (non-hydrogen) atoms. The third kappa shape index (κ3) is 4.81. The summed E-state index contributed by atoms with van der Waals surface area (Å²) in [5, 5.41) is 9.29. The lowest BCUT2D eigenvalue weighted by Gasteiger charge is -2.35. The fourth-order valence-corrected chi connectivity index (χ4v) is 4.84. The topological polar surface area (TPSA) is 106 Å². The summed E-state index contributed by atoms with van der Waals surface area (Å²) in [5.74, 6) is 0.467. The number of carbonyl (C=O) groups excluding carboxylic acids is 1. The highest BCUT2D eigenvalue weighted by Gasteiger charge is 2.24. The van der Waals surface area contributed by atoms with Gasteiger partial charge in [-0.3, -0.25) is 9.52 Å². The molecule has 0 atom stereocenters. The normalized spacial score (nSPS) is 13.9. The average molecular weight is 462 g/mol. The molecule has 8 nitrogen and oxygen atoms in total. The number of nitrogens with one attached hydrogen (secondary N) is 1. The number of anilines is 2. The summed E-state index contributed by atoms with van der Waals surface area (Å²) < 4.78 is 28.0. The summed E-state index contributed by atoms with van der Waals surface area (Å²) >= 11 is 0. The highest BCUT2D eigenvalue weighted by atomic mass is 32.2. The smallest absolute Gasteiger partial charge is 0.261 e. The Morgan fingerprint density at radius 3 is 2.36 bits per heavy atom. The Morgan fingerprint density at radius 1 is 1.00 bits per heavy atom. The first-order valence-electron chi connectivity index (χ1n) is 10.5. The number of aryl methyl sites for hydroxylation is 1. The van der Waals surface area contributed by atoms with E-state index < -0.39 is 10.0 Å². The summed E-state index contributed by atoms with van der Waals surface area (Å²) in [4.78, 5) is 21.1. The van der Waals surface area contributed by atoms with E-state index >= 15 is 0 Å². The van der Waals surface area contributed by atoms with E-state index in [9.17, 15) is 18.5 Å². The summed E-state index contributed by atoms with van der Waals surface area (Å²) in [6.45, 7) is 3.91. The van der Waals surface area contributed by atoms with E-state index in [0.29, 0.717) is 48.8 Å². The molecule has 1 amide bonds. The van der Waals surface area contributed by atoms with Gasteiger partial charge < -0.3 is 9.80 Å². The van der Waals surface area contributed by atoms with Crippen molar-refractivity contribution in [2.45, 2.75) is 11.8 Å². The first kappa shape index (κ1) is 22.3. The summed E-state index contributed by atoms with van der Waals surface area (Å²) in [7, 11) is -3.76. The lowest BCUT2D eigenvalue weighted by molar-refractivity contribution is 0.0746. The SMILES string of the molecule is Cc1ccccc1NS(=O)(=O)c1ccc(C(=O)N2CCN(c3ncccc3C#N)CC2)cc1. The first-order chi connectivity index (χ1) is 15.9. The number of sulfonamides is 1. The van der Waals surface area contributed by atoms with Gasteiger partial charge >= 0.3 is 0 Å². The molecule has 1 aliphatic rings. The number of nitriles is 1. The van der Waals surface area contributed by atoms with Crippen LogP contribution in [0, 0.1) is 18.3 Å². The third-order valence-corrected chi connectivity index (χ3v) is 6.96. The van der Waals surface area contributed by atoms with Crippen LogP contribution in [-0.4, -0.2) is 50.4 Å². The zero-order valence-electron chi connectivity index (χ0n) is 18.1. The standard InChI is InChI=1S/C24H23N5O3S/c1-18-5-2-3-7-22(18)27-33(31,32)21-10-8-19(9-11-21)24(30)29-15-13-28(14-16-29)23-20(17-25)6-4-12-26-23/h2-12,27H,13-16H2,1H3. The van der Waals surface area contributed by atoms with Gasteiger partial charge in [0.25, 0.3) is 15.9 Å². The second-order valence-electron chi connectivity index (χ2n) is 7.71. The minimum absolute atomic E-state index is 0.0892. The Morgan fingerprint density at radius 2 is 1.70 bits per heavy atom. The van der Waals surface area contributed by atoms with E-state index in [-0.39, 0.29) is 10.8 Å². The van der Waals surface area contributed by atoms with Crippen LogP contribution in [0.1, 0.15) is 21.5 Å². The van der Waals surface area contributed by atoms with E-state index in [1.165, 1.54) is 24.3 Å². The maximum atomic E-state index is 12.9. The molecule has 1 saturated heterocycles. The van der Waals surface area contributed by atoms with Gasteiger partial charge in [0.1, 0.15) is 11.9 Å². The van der Waals surface area contributed by atoms with Gasteiger partial charge in [-0.2, -0.15) is 5.26 Å². The quantitative estimate of drug-likeness (QED) is 0.626. The number of rotatable bonds is 5. The first-order valence-corrected chi connectivity index (χ1v) is 12.0. The van der Waals surface area contributed by atoms with Crippen LogP contribution >= 0.6 is 0 Å². The number of pyridine rings is 1. The van der Waals surface area contributed by atoms with Gasteiger partial charge in [-0.25, -0.2) is 13.4 Å². The Bertz CT molecular complexity index is 1310. The minimum Gasteiger partial charge on any atom is -0.352 e. The molecule has 2 heterocycles. The third-order valence-electron chi connectivity index (χ3n) is 5.57. The van der Waals surface area contributed by atoms with Crippen molar-refractivity contribution in [3.05, 3.63) is 83.6 Å². The zero-order chi connectivity index (χ0) is 23.4. The van der Waals surface area contributed by atoms with E-state index in [0.717, 1.165) is 5.56 Å². The van der Waals surface area contributed by atoms with Crippen molar-refractivity contribution >= 4 is 27.4 Å². The average Bonchev–Trinajstić information content (AvgIpc) is 2.85. The van der Waals surface area contributed by atoms with Gasteiger partial charge in [0.05, 0.1) is 16.1 Å². The molecule has 168 valence electrons. The minimum atomic E-state index is -3.76. The molecule has 2 aromatic carbocycles. The number of hydrogen-bond donors (Lipinski definition) is 1. The maximum Gasteiger partial charge on any atom is 0.261 e. The van der Waals surface area contributed by atoms with Crippen LogP contribution in [0.15, 0.2) is 71.8 Å². The highest BCUT2D eigenvalue weighted by Crippen LogP contribution is 2.21. The van der Waals surface area contributed by atoms with Crippen molar-refractivity contribution in [3.8, 4) is 6.07 Å². The van der Waals surface area contributed by atoms with Crippen LogP contribution < -0.4 is 9.62 Å². The monoisotopic (exact) mass is 461 g/mol. The number of piperazine rings is 1. The lowest BCUT2D eigenvalue weighted by atomic mass is 10.1. The molecule has 0 radical (unpaired) electrons. The van der Waals surface area contributed by atoms with Gasteiger partial charge in [0.15, 0.2) is 0 Å². The molecule has 3 aromatic rings. The number of aromatic nitrogens is 1. The van der Waals surface area contributed by atoms with E-state index in [1.54, 1.807) is 35.4 Å². The molecule has 0 saturated carbocycles. The largest absolute Gasteiger partial charge is 0.352 e. The molecule has 0 aliphatic carbocycles. The molecule has 0 spiro atoms. The fourth-order valence-electron chi connectivity index (χ4n) is 3.71. The molecular formula is C24H23N5O3S. The molecular weight excluding hydrogens is 438 g/mol. The summed E-state index contributed by atoms with van der Waals surface area (Å²) in [5.41, 5.74) is 2.27. The van der Waals surface area contributed by atoms with Crippen LogP contribution in [0.25, 0.3) is 0 Å². The Hall–Kier alpha value is -3.90. The molecule has 1 N–H and O–H groups in total. The highest BCUT2D eigenvalue weighted by molar-refractivity contribution is 7.92. The number of para-hydroxylation sites is 1. The zero-order valence-corrected chi connectivity index (χ0v) is 18.9. The number of nitrogens with zero attached hydrogens (tertiary/aromatic N) is 4. The van der Waals surface area contributed by atoms with E-state index in [1.807, 2.05) is 24.0 Å². The predicted molar refractivity (Wildman–Crippen MR) is 125 cm³/mol. The molecule has 1 aliphatic heterocycles. The van der Waals surface area contributed by atoms with Gasteiger partial charge in [0, 0.05) is 37.9 Å². The summed E-state index contributed by atoms with van der Waals surface area (Å²) in [6.07, 6.45) is 1.65. The van der Waals surface area contributed by atoms with E-state index in [4.69, 9.17) is 0 Å². The molecule has 1 fully saturated rings. The number of amides is 1. The Kier molecular flexibility index (Phi) is 6.29. The molecule has 1 aromatic heterocycles. The number of benzene rings is 2. The van der Waals surface area contributed by atoms with Crippen LogP contribution in [0.4, 0.5) is 11.5 Å². The van der Waals surface area contributed by atoms with Crippen LogP contribution in [-0.2, 0) is 10.0 Å². The maximum absolute atomic E-state index is 12.9. The molecule has 4 rings (SSSR count). The van der Waals surface area contributed by atoms with Crippen LogP contribution in [0.5, 0.6) is 0 Å². The Labute approximate surface area is 193 Å². The predicted octanol–water partition coefficient (Wildman–Crippen LogP) is 3.02. The van der Waals surface area contributed by atoms with Gasteiger partial charge in [-0.15, -0.1) is 0 Å². The van der Waals surface area contributed by atoms with Crippen LogP contribution in [0.2, 0.25) is 0 Å². The van der Waals surface area contributed by atoms with Crippen molar-refractivity contribution in [2.24, 2.45) is 0 Å². The molecule has 0 bridgehead atoms. The number of carbonyl (C=O) groups is 1. The second kappa shape index (κ2) is 9.30. The summed E-state index contributed by atoms with van der Waals surface area (Å²) in [6, 6.07) is 18.7.